The quantitative estimate of drug-likeness (QED) is 0.479. The third kappa shape index (κ3) is 5.60. The summed E-state index contributed by atoms with van der Waals surface area (Å²) in [6.07, 6.45) is 0. The molecule has 1 unspecified atom stereocenters. The van der Waals surface area contributed by atoms with E-state index >= 15 is 0 Å². The molecule has 0 spiro atoms. The minimum absolute atomic E-state index is 0.0107. The fourth-order valence-electron chi connectivity index (χ4n) is 2.73. The SMILES string of the molecule is CNC(=O)C(C)N(Cc1ccccc1Cl)C(=O)COc1ccc([N+](=O)[O-])c(OC)c1. The van der Waals surface area contributed by atoms with Gasteiger partial charge in [0.25, 0.3) is 5.91 Å². The van der Waals surface area contributed by atoms with Crippen molar-refractivity contribution in [2.75, 3.05) is 20.8 Å². The Kier molecular flexibility index (Phi) is 7.99. The van der Waals surface area contributed by atoms with Crippen LogP contribution in [0.4, 0.5) is 5.69 Å². The van der Waals surface area contributed by atoms with Crippen LogP contribution in [0.25, 0.3) is 0 Å². The molecule has 2 amide bonds. The number of carbonyl (C=O) groups excluding carboxylic acids is 2. The van der Waals surface area contributed by atoms with E-state index in [9.17, 15) is 19.7 Å². The molecule has 2 aromatic carbocycles. The third-order valence-corrected chi connectivity index (χ3v) is 4.79. The standard InChI is InChI=1S/C20H22ClN3O6/c1-13(20(26)22-2)23(11-14-6-4-5-7-16(14)21)19(25)12-30-15-8-9-17(24(27)28)18(10-15)29-3/h4-10,13H,11-12H2,1-3H3,(H,22,26). The number of likely N-dealkylation sites (N-methyl/N-ethyl adjacent to an activating group) is 1. The molecule has 0 saturated carbocycles. The predicted molar refractivity (Wildman–Crippen MR) is 111 cm³/mol. The summed E-state index contributed by atoms with van der Waals surface area (Å²) >= 11 is 6.20. The van der Waals surface area contributed by atoms with Crippen molar-refractivity contribution >= 4 is 29.1 Å². The number of nitrogens with zero attached hydrogens (tertiary/aromatic N) is 2. The molecule has 9 nitrogen and oxygen atoms in total. The molecule has 0 heterocycles. The van der Waals surface area contributed by atoms with E-state index in [1.54, 1.807) is 31.2 Å². The molecule has 10 heteroatoms. The number of amides is 2. The zero-order chi connectivity index (χ0) is 22.3. The molecule has 0 aliphatic rings. The van der Waals surface area contributed by atoms with E-state index in [0.29, 0.717) is 10.6 Å². The number of nitrogens with one attached hydrogen (secondary N) is 1. The van der Waals surface area contributed by atoms with Crippen LogP contribution < -0.4 is 14.8 Å². The van der Waals surface area contributed by atoms with Gasteiger partial charge in [0.2, 0.25) is 11.7 Å². The molecule has 0 aromatic heterocycles. The van der Waals surface area contributed by atoms with Gasteiger partial charge in [0.05, 0.1) is 12.0 Å². The predicted octanol–water partition coefficient (Wildman–Crippen LogP) is 2.80. The molecule has 1 atom stereocenters. The van der Waals surface area contributed by atoms with Gasteiger partial charge in [-0.05, 0) is 24.6 Å². The Morgan fingerprint density at radius 1 is 1.27 bits per heavy atom. The zero-order valence-electron chi connectivity index (χ0n) is 16.8. The van der Waals surface area contributed by atoms with Crippen molar-refractivity contribution in [3.05, 3.63) is 63.2 Å². The normalized spacial score (nSPS) is 11.3. The molecule has 160 valence electrons. The fourth-order valence-corrected chi connectivity index (χ4v) is 2.92. The first-order valence-electron chi connectivity index (χ1n) is 8.98. The number of rotatable bonds is 9. The Balaban J connectivity index is 2.19. The van der Waals surface area contributed by atoms with E-state index < -0.39 is 16.9 Å². The van der Waals surface area contributed by atoms with Crippen LogP contribution in [0, 0.1) is 10.1 Å². The van der Waals surface area contributed by atoms with Gasteiger partial charge in [-0.1, -0.05) is 29.8 Å². The minimum atomic E-state index is -0.770. The second-order valence-electron chi connectivity index (χ2n) is 6.28. The maximum absolute atomic E-state index is 12.9. The van der Waals surface area contributed by atoms with Crippen molar-refractivity contribution in [2.45, 2.75) is 19.5 Å². The van der Waals surface area contributed by atoms with Crippen LogP contribution in [-0.2, 0) is 16.1 Å². The Morgan fingerprint density at radius 3 is 2.57 bits per heavy atom. The highest BCUT2D eigenvalue weighted by Crippen LogP contribution is 2.30. The van der Waals surface area contributed by atoms with Crippen LogP contribution in [0.2, 0.25) is 5.02 Å². The molecule has 0 fully saturated rings. The zero-order valence-corrected chi connectivity index (χ0v) is 17.5. The van der Waals surface area contributed by atoms with Crippen LogP contribution in [0.15, 0.2) is 42.5 Å². The average Bonchev–Trinajstić information content (AvgIpc) is 2.75. The highest BCUT2D eigenvalue weighted by molar-refractivity contribution is 6.31. The highest BCUT2D eigenvalue weighted by Gasteiger charge is 2.26. The lowest BCUT2D eigenvalue weighted by molar-refractivity contribution is -0.385. The summed E-state index contributed by atoms with van der Waals surface area (Å²) in [4.78, 5) is 36.8. The lowest BCUT2D eigenvalue weighted by Crippen LogP contribution is -2.48. The Morgan fingerprint density at radius 2 is 1.97 bits per heavy atom. The first-order valence-corrected chi connectivity index (χ1v) is 9.36. The molecule has 0 radical (unpaired) electrons. The van der Waals surface area contributed by atoms with Crippen molar-refractivity contribution in [3.8, 4) is 11.5 Å². The van der Waals surface area contributed by atoms with Gasteiger partial charge >= 0.3 is 5.69 Å². The number of benzene rings is 2. The molecule has 2 aromatic rings. The lowest BCUT2D eigenvalue weighted by atomic mass is 10.1. The molecule has 1 N–H and O–H groups in total. The molecule has 0 bridgehead atoms. The number of hydrogen-bond acceptors (Lipinski definition) is 6. The van der Waals surface area contributed by atoms with Gasteiger partial charge in [-0.3, -0.25) is 19.7 Å². The van der Waals surface area contributed by atoms with Gasteiger partial charge in [-0.15, -0.1) is 0 Å². The molecular weight excluding hydrogens is 414 g/mol. The van der Waals surface area contributed by atoms with Gasteiger partial charge in [0.1, 0.15) is 11.8 Å². The fraction of sp³-hybridized carbons (Fsp3) is 0.300. The van der Waals surface area contributed by atoms with Gasteiger partial charge in [-0.25, -0.2) is 0 Å². The van der Waals surface area contributed by atoms with Crippen molar-refractivity contribution in [3.63, 3.8) is 0 Å². The van der Waals surface area contributed by atoms with Gasteiger partial charge in [0.15, 0.2) is 6.61 Å². The summed E-state index contributed by atoms with van der Waals surface area (Å²) in [5.41, 5.74) is 0.463. The first kappa shape index (κ1) is 23.0. The van der Waals surface area contributed by atoms with Crippen molar-refractivity contribution < 1.29 is 24.0 Å². The Bertz CT molecular complexity index is 937. The van der Waals surface area contributed by atoms with Crippen LogP contribution in [-0.4, -0.2) is 48.4 Å². The molecule has 0 aliphatic carbocycles. The van der Waals surface area contributed by atoms with E-state index in [1.807, 2.05) is 0 Å². The van der Waals surface area contributed by atoms with Crippen molar-refractivity contribution in [1.29, 1.82) is 0 Å². The minimum Gasteiger partial charge on any atom is -0.490 e. The Labute approximate surface area is 178 Å². The summed E-state index contributed by atoms with van der Waals surface area (Å²) in [6, 6.07) is 10.2. The van der Waals surface area contributed by atoms with Crippen molar-refractivity contribution in [2.24, 2.45) is 0 Å². The monoisotopic (exact) mass is 435 g/mol. The molecule has 30 heavy (non-hydrogen) atoms. The van der Waals surface area contributed by atoms with Crippen LogP contribution >= 0.6 is 11.6 Å². The number of ether oxygens (including phenoxy) is 2. The molecule has 0 saturated heterocycles. The molecular formula is C20H22ClN3O6. The van der Waals surface area contributed by atoms with Crippen molar-refractivity contribution in [1.82, 2.24) is 10.2 Å². The van der Waals surface area contributed by atoms with Crippen LogP contribution in [0.1, 0.15) is 12.5 Å². The number of halogens is 1. The lowest BCUT2D eigenvalue weighted by Gasteiger charge is -2.28. The third-order valence-electron chi connectivity index (χ3n) is 4.42. The van der Waals surface area contributed by atoms with Gasteiger partial charge < -0.3 is 19.7 Å². The summed E-state index contributed by atoms with van der Waals surface area (Å²) < 4.78 is 10.5. The van der Waals surface area contributed by atoms with E-state index in [0.717, 1.165) is 0 Å². The number of nitro benzene ring substituents is 1. The van der Waals surface area contributed by atoms with E-state index in [4.69, 9.17) is 21.1 Å². The maximum Gasteiger partial charge on any atom is 0.311 e. The molecule has 2 rings (SSSR count). The maximum atomic E-state index is 12.9. The summed E-state index contributed by atoms with van der Waals surface area (Å²) in [6.45, 7) is 1.33. The number of carbonyl (C=O) groups is 2. The Hall–Kier alpha value is -3.33. The summed E-state index contributed by atoms with van der Waals surface area (Å²) in [5, 5.41) is 14.0. The first-order chi connectivity index (χ1) is 14.3. The van der Waals surface area contributed by atoms with E-state index in [-0.39, 0.29) is 36.2 Å². The molecule has 0 aliphatic heterocycles. The second kappa shape index (κ2) is 10.4. The average molecular weight is 436 g/mol. The summed E-state index contributed by atoms with van der Waals surface area (Å²) in [7, 11) is 2.78. The number of hydrogen-bond donors (Lipinski definition) is 1. The largest absolute Gasteiger partial charge is 0.490 e. The highest BCUT2D eigenvalue weighted by atomic mass is 35.5. The van der Waals surface area contributed by atoms with E-state index in [2.05, 4.69) is 5.32 Å². The summed E-state index contributed by atoms with van der Waals surface area (Å²) in [5.74, 6) is -0.566. The van der Waals surface area contributed by atoms with Gasteiger partial charge in [0, 0.05) is 30.7 Å². The number of nitro groups is 1. The number of methoxy groups -OCH3 is 1. The van der Waals surface area contributed by atoms with Crippen LogP contribution in [0.3, 0.4) is 0 Å². The van der Waals surface area contributed by atoms with Gasteiger partial charge in [-0.2, -0.15) is 0 Å². The van der Waals surface area contributed by atoms with E-state index in [1.165, 1.54) is 37.3 Å². The second-order valence-corrected chi connectivity index (χ2v) is 6.69. The van der Waals surface area contributed by atoms with Crippen LogP contribution in [0.5, 0.6) is 11.5 Å². The topological polar surface area (TPSA) is 111 Å². The smallest absolute Gasteiger partial charge is 0.311 e.